The number of nitrogens with one attached hydrogen (secondary N) is 2. The van der Waals surface area contributed by atoms with Crippen molar-refractivity contribution in [2.24, 2.45) is 0 Å². The second-order valence-electron chi connectivity index (χ2n) is 7.34. The highest BCUT2D eigenvalue weighted by molar-refractivity contribution is 5.96. The number of hydrogen-bond acceptors (Lipinski definition) is 4. The Morgan fingerprint density at radius 1 is 1.00 bits per heavy atom. The first kappa shape index (κ1) is 22.0. The van der Waals surface area contributed by atoms with Gasteiger partial charge in [-0.3, -0.25) is 14.4 Å². The fraction of sp³-hybridized carbons (Fsp3) is 0.286. The van der Waals surface area contributed by atoms with Crippen molar-refractivity contribution in [1.82, 2.24) is 5.32 Å². The topological polar surface area (TPSA) is 84.5 Å². The van der Waals surface area contributed by atoms with Gasteiger partial charge in [-0.15, -0.1) is 0 Å². The maximum atomic E-state index is 13.5. The molecule has 0 aliphatic rings. The molecule has 0 atom stereocenters. The summed E-state index contributed by atoms with van der Waals surface area (Å²) in [6, 6.07) is 9.56. The Balaban J connectivity index is 1.78. The summed E-state index contributed by atoms with van der Waals surface area (Å²) in [6.45, 7) is 5.01. The Hall–Kier alpha value is -3.29. The van der Waals surface area contributed by atoms with Crippen molar-refractivity contribution in [2.45, 2.75) is 26.2 Å². The van der Waals surface area contributed by atoms with E-state index < -0.39 is 42.6 Å². The van der Waals surface area contributed by atoms with E-state index in [0.717, 1.165) is 23.8 Å². The molecule has 0 saturated carbocycles. The van der Waals surface area contributed by atoms with Crippen LogP contribution in [0.15, 0.2) is 42.5 Å². The molecule has 8 heteroatoms. The minimum Gasteiger partial charge on any atom is -0.454 e. The molecular formula is C21H22F2N2O4. The molecule has 2 aromatic carbocycles. The molecule has 0 radical (unpaired) electrons. The van der Waals surface area contributed by atoms with Crippen LogP contribution in [0.25, 0.3) is 0 Å². The smallest absolute Gasteiger partial charge is 0.325 e. The lowest BCUT2D eigenvalue weighted by Crippen LogP contribution is -2.32. The highest BCUT2D eigenvalue weighted by atomic mass is 19.1. The van der Waals surface area contributed by atoms with Gasteiger partial charge in [0.2, 0.25) is 0 Å². The van der Waals surface area contributed by atoms with Gasteiger partial charge in [-0.05, 0) is 35.2 Å². The molecule has 0 aliphatic heterocycles. The van der Waals surface area contributed by atoms with Gasteiger partial charge < -0.3 is 15.4 Å². The van der Waals surface area contributed by atoms with Crippen molar-refractivity contribution in [3.05, 3.63) is 65.2 Å². The maximum absolute atomic E-state index is 13.5. The normalized spacial score (nSPS) is 10.9. The number of halogens is 2. The number of benzene rings is 2. The lowest BCUT2D eigenvalue weighted by Gasteiger charge is -2.19. The lowest BCUT2D eigenvalue weighted by molar-refractivity contribution is -0.146. The van der Waals surface area contributed by atoms with E-state index in [0.29, 0.717) is 5.56 Å². The van der Waals surface area contributed by atoms with Crippen molar-refractivity contribution in [2.75, 3.05) is 18.5 Å². The summed E-state index contributed by atoms with van der Waals surface area (Å²) in [5.41, 5.74) is 1.03. The first-order chi connectivity index (χ1) is 13.6. The molecule has 6 nitrogen and oxygen atoms in total. The molecular weight excluding hydrogens is 382 g/mol. The molecule has 0 aromatic heterocycles. The van der Waals surface area contributed by atoms with Gasteiger partial charge in [-0.1, -0.05) is 32.9 Å². The Bertz CT molecular complexity index is 906. The van der Waals surface area contributed by atoms with Crippen LogP contribution in [-0.2, 0) is 19.7 Å². The van der Waals surface area contributed by atoms with E-state index in [4.69, 9.17) is 4.74 Å². The first-order valence-corrected chi connectivity index (χ1v) is 8.85. The van der Waals surface area contributed by atoms with Crippen LogP contribution in [0.1, 0.15) is 36.7 Å². The van der Waals surface area contributed by atoms with Crippen molar-refractivity contribution >= 4 is 23.5 Å². The maximum Gasteiger partial charge on any atom is 0.325 e. The van der Waals surface area contributed by atoms with Crippen LogP contribution in [0.4, 0.5) is 14.5 Å². The Kier molecular flexibility index (Phi) is 7.03. The highest BCUT2D eigenvalue weighted by Crippen LogP contribution is 2.22. The largest absolute Gasteiger partial charge is 0.454 e. The van der Waals surface area contributed by atoms with Crippen LogP contribution in [0.2, 0.25) is 0 Å². The van der Waals surface area contributed by atoms with Gasteiger partial charge in [0.1, 0.15) is 18.2 Å². The van der Waals surface area contributed by atoms with Crippen LogP contribution < -0.4 is 10.6 Å². The molecule has 0 saturated heterocycles. The van der Waals surface area contributed by atoms with Gasteiger partial charge in [0.05, 0.1) is 5.69 Å². The van der Waals surface area contributed by atoms with E-state index in [1.54, 1.807) is 12.1 Å². The summed E-state index contributed by atoms with van der Waals surface area (Å²) < 4.78 is 31.2. The summed E-state index contributed by atoms with van der Waals surface area (Å²) in [7, 11) is 0. The Morgan fingerprint density at radius 2 is 1.66 bits per heavy atom. The zero-order chi connectivity index (χ0) is 21.6. The predicted octanol–water partition coefficient (Wildman–Crippen LogP) is 3.17. The first-order valence-electron chi connectivity index (χ1n) is 8.85. The van der Waals surface area contributed by atoms with Crippen molar-refractivity contribution < 1.29 is 27.9 Å². The number of carbonyl (C=O) groups excluding carboxylic acids is 3. The number of anilines is 1. The summed E-state index contributed by atoms with van der Waals surface area (Å²) in [6.07, 6.45) is 0. The molecule has 0 bridgehead atoms. The number of rotatable bonds is 6. The highest BCUT2D eigenvalue weighted by Gasteiger charge is 2.15. The second kappa shape index (κ2) is 9.27. The summed E-state index contributed by atoms with van der Waals surface area (Å²) in [5, 5.41) is 4.49. The van der Waals surface area contributed by atoms with E-state index in [2.05, 4.69) is 31.4 Å². The molecule has 2 N–H and O–H groups in total. The van der Waals surface area contributed by atoms with Crippen LogP contribution >= 0.6 is 0 Å². The fourth-order valence-electron chi connectivity index (χ4n) is 2.35. The van der Waals surface area contributed by atoms with Crippen molar-refractivity contribution in [3.63, 3.8) is 0 Å². The predicted molar refractivity (Wildman–Crippen MR) is 103 cm³/mol. The summed E-state index contributed by atoms with van der Waals surface area (Å²) in [5.74, 6) is -3.70. The molecule has 2 aromatic rings. The van der Waals surface area contributed by atoms with Gasteiger partial charge in [0.25, 0.3) is 11.8 Å². The molecule has 0 heterocycles. The molecule has 2 rings (SSSR count). The Labute approximate surface area is 167 Å². The van der Waals surface area contributed by atoms with Gasteiger partial charge in [0, 0.05) is 11.6 Å². The van der Waals surface area contributed by atoms with Crippen LogP contribution in [0.5, 0.6) is 0 Å². The average Bonchev–Trinajstić information content (AvgIpc) is 2.66. The number of ether oxygens (including phenoxy) is 1. The third kappa shape index (κ3) is 6.67. The van der Waals surface area contributed by atoms with Crippen molar-refractivity contribution in [3.8, 4) is 0 Å². The zero-order valence-electron chi connectivity index (χ0n) is 16.3. The third-order valence-corrected chi connectivity index (χ3v) is 3.97. The zero-order valence-corrected chi connectivity index (χ0v) is 16.3. The number of esters is 1. The molecule has 0 fully saturated rings. The van der Waals surface area contributed by atoms with E-state index in [1.165, 1.54) is 0 Å². The van der Waals surface area contributed by atoms with E-state index in [-0.39, 0.29) is 11.1 Å². The molecule has 0 aliphatic carbocycles. The lowest BCUT2D eigenvalue weighted by atomic mass is 9.87. The third-order valence-electron chi connectivity index (χ3n) is 3.97. The molecule has 0 unspecified atom stereocenters. The van der Waals surface area contributed by atoms with E-state index in [1.807, 2.05) is 12.1 Å². The van der Waals surface area contributed by atoms with Crippen LogP contribution in [-0.4, -0.2) is 30.9 Å². The van der Waals surface area contributed by atoms with Gasteiger partial charge in [0.15, 0.2) is 6.61 Å². The van der Waals surface area contributed by atoms with Gasteiger partial charge in [-0.25, -0.2) is 8.78 Å². The van der Waals surface area contributed by atoms with Crippen LogP contribution in [0, 0.1) is 11.6 Å². The van der Waals surface area contributed by atoms with Crippen LogP contribution in [0.3, 0.4) is 0 Å². The van der Waals surface area contributed by atoms with E-state index >= 15 is 0 Å². The molecule has 2 amide bonds. The monoisotopic (exact) mass is 404 g/mol. The average molecular weight is 404 g/mol. The second-order valence-corrected chi connectivity index (χ2v) is 7.34. The van der Waals surface area contributed by atoms with E-state index in [9.17, 15) is 23.2 Å². The Morgan fingerprint density at radius 3 is 2.28 bits per heavy atom. The SMILES string of the molecule is CC(C)(C)c1ccc(C(=O)NCC(=O)OCC(=O)Nc2cc(F)ccc2F)cc1. The van der Waals surface area contributed by atoms with Gasteiger partial charge >= 0.3 is 5.97 Å². The standard InChI is InChI=1S/C21H22F2N2O4/c1-21(2,3)14-6-4-13(5-7-14)20(28)24-11-19(27)29-12-18(26)25-17-10-15(22)8-9-16(17)23/h4-10H,11-12H2,1-3H3,(H,24,28)(H,25,26). The number of amides is 2. The quantitative estimate of drug-likeness (QED) is 0.725. The fourth-order valence-corrected chi connectivity index (χ4v) is 2.35. The van der Waals surface area contributed by atoms with Gasteiger partial charge in [-0.2, -0.15) is 0 Å². The number of carbonyl (C=O) groups is 3. The minimum absolute atomic E-state index is 0.0478. The molecule has 29 heavy (non-hydrogen) atoms. The van der Waals surface area contributed by atoms with Crippen molar-refractivity contribution in [1.29, 1.82) is 0 Å². The molecule has 0 spiro atoms. The summed E-state index contributed by atoms with van der Waals surface area (Å²) >= 11 is 0. The summed E-state index contributed by atoms with van der Waals surface area (Å²) in [4.78, 5) is 35.5. The minimum atomic E-state index is -0.848. The number of hydrogen-bond donors (Lipinski definition) is 2. The molecule has 154 valence electrons.